The van der Waals surface area contributed by atoms with Crippen LogP contribution in [-0.4, -0.2) is 30.2 Å². The first-order valence-electron chi connectivity index (χ1n) is 7.87. The van der Waals surface area contributed by atoms with Gasteiger partial charge in [-0.05, 0) is 37.3 Å². The molecule has 1 unspecified atom stereocenters. The quantitative estimate of drug-likeness (QED) is 0.753. The van der Waals surface area contributed by atoms with Gasteiger partial charge < -0.3 is 15.7 Å². The number of carbonyl (C=O) groups excluding carboxylic acids is 1. The summed E-state index contributed by atoms with van der Waals surface area (Å²) in [5.41, 5.74) is 1.99. The third-order valence-electron chi connectivity index (χ3n) is 4.85. The van der Waals surface area contributed by atoms with Gasteiger partial charge in [0.15, 0.2) is 0 Å². The third-order valence-corrected chi connectivity index (χ3v) is 4.85. The van der Waals surface area contributed by atoms with Crippen LogP contribution >= 0.6 is 0 Å². The number of aliphatic hydroxyl groups is 1. The van der Waals surface area contributed by atoms with Crippen molar-refractivity contribution < 1.29 is 9.90 Å². The van der Waals surface area contributed by atoms with Crippen molar-refractivity contribution in [2.75, 3.05) is 18.5 Å². The fraction of sp³-hybridized carbons (Fsp3) is 0.588. The van der Waals surface area contributed by atoms with Crippen molar-refractivity contribution in [1.82, 2.24) is 5.32 Å². The molecule has 1 heterocycles. The number of aryl methyl sites for hydroxylation is 1. The SMILES string of the molecule is CCC(CC)(CO)CNC1CCc2ccccc2NC1=O. The maximum absolute atomic E-state index is 12.3. The first kappa shape index (κ1) is 16.0. The number of fused-ring (bicyclic) bond motifs is 1. The van der Waals surface area contributed by atoms with E-state index in [1.54, 1.807) is 0 Å². The van der Waals surface area contributed by atoms with Crippen molar-refractivity contribution >= 4 is 11.6 Å². The van der Waals surface area contributed by atoms with Crippen LogP contribution in [0.2, 0.25) is 0 Å². The second kappa shape index (κ2) is 7.05. The van der Waals surface area contributed by atoms with E-state index in [2.05, 4.69) is 30.5 Å². The highest BCUT2D eigenvalue weighted by atomic mass is 16.3. The van der Waals surface area contributed by atoms with Crippen molar-refractivity contribution in [3.05, 3.63) is 29.8 Å². The molecule has 1 amide bonds. The average molecular weight is 290 g/mol. The van der Waals surface area contributed by atoms with Gasteiger partial charge in [0, 0.05) is 24.3 Å². The second-order valence-corrected chi connectivity index (χ2v) is 5.98. The van der Waals surface area contributed by atoms with Crippen LogP contribution in [0.3, 0.4) is 0 Å². The monoisotopic (exact) mass is 290 g/mol. The number of benzene rings is 1. The molecular weight excluding hydrogens is 264 g/mol. The number of rotatable bonds is 6. The van der Waals surface area contributed by atoms with E-state index in [0.717, 1.165) is 31.4 Å². The van der Waals surface area contributed by atoms with Gasteiger partial charge in [0.05, 0.1) is 6.04 Å². The summed E-state index contributed by atoms with van der Waals surface area (Å²) in [5.74, 6) is 0.0268. The summed E-state index contributed by atoms with van der Waals surface area (Å²) in [6, 6.07) is 7.77. The van der Waals surface area contributed by atoms with Crippen LogP contribution in [0.1, 0.15) is 38.7 Å². The van der Waals surface area contributed by atoms with Crippen molar-refractivity contribution in [3.63, 3.8) is 0 Å². The Morgan fingerprint density at radius 2 is 2.05 bits per heavy atom. The molecule has 1 aromatic carbocycles. The van der Waals surface area contributed by atoms with Gasteiger partial charge in [0.2, 0.25) is 5.91 Å². The van der Waals surface area contributed by atoms with Crippen LogP contribution in [0, 0.1) is 5.41 Å². The zero-order chi connectivity index (χ0) is 15.3. The number of anilines is 1. The van der Waals surface area contributed by atoms with Gasteiger partial charge >= 0.3 is 0 Å². The fourth-order valence-electron chi connectivity index (χ4n) is 2.83. The normalized spacial score (nSPS) is 18.8. The summed E-state index contributed by atoms with van der Waals surface area (Å²) in [5, 5.41) is 16.0. The lowest BCUT2D eigenvalue weighted by molar-refractivity contribution is -0.118. The summed E-state index contributed by atoms with van der Waals surface area (Å²) in [4.78, 5) is 12.3. The molecule has 1 aliphatic heterocycles. The number of hydrogen-bond donors (Lipinski definition) is 3. The number of hydrogen-bond acceptors (Lipinski definition) is 3. The van der Waals surface area contributed by atoms with Gasteiger partial charge in [-0.25, -0.2) is 0 Å². The molecule has 0 saturated carbocycles. The molecule has 0 saturated heterocycles. The van der Waals surface area contributed by atoms with Gasteiger partial charge in [-0.1, -0.05) is 32.0 Å². The number of para-hydroxylation sites is 1. The van der Waals surface area contributed by atoms with Crippen LogP contribution in [0.4, 0.5) is 5.69 Å². The van der Waals surface area contributed by atoms with Crippen LogP contribution in [-0.2, 0) is 11.2 Å². The highest BCUT2D eigenvalue weighted by Gasteiger charge is 2.29. The van der Waals surface area contributed by atoms with Gasteiger partial charge in [-0.2, -0.15) is 0 Å². The zero-order valence-electron chi connectivity index (χ0n) is 13.0. The summed E-state index contributed by atoms with van der Waals surface area (Å²) in [6.07, 6.45) is 3.48. The summed E-state index contributed by atoms with van der Waals surface area (Å²) < 4.78 is 0. The third kappa shape index (κ3) is 3.63. The summed E-state index contributed by atoms with van der Waals surface area (Å²) in [7, 11) is 0. The zero-order valence-corrected chi connectivity index (χ0v) is 13.0. The number of nitrogens with one attached hydrogen (secondary N) is 2. The Balaban J connectivity index is 2.01. The van der Waals surface area contributed by atoms with Crippen molar-refractivity contribution in [1.29, 1.82) is 0 Å². The maximum Gasteiger partial charge on any atom is 0.241 e. The van der Waals surface area contributed by atoms with E-state index in [4.69, 9.17) is 0 Å². The minimum atomic E-state index is -0.193. The molecule has 1 aliphatic rings. The van der Waals surface area contributed by atoms with Gasteiger partial charge in [-0.3, -0.25) is 4.79 Å². The molecule has 0 radical (unpaired) electrons. The van der Waals surface area contributed by atoms with Crippen LogP contribution in [0.15, 0.2) is 24.3 Å². The Kier molecular flexibility index (Phi) is 5.37. The van der Waals surface area contributed by atoms with Gasteiger partial charge in [-0.15, -0.1) is 0 Å². The molecule has 0 bridgehead atoms. The largest absolute Gasteiger partial charge is 0.396 e. The van der Waals surface area contributed by atoms with Crippen LogP contribution < -0.4 is 10.6 Å². The minimum Gasteiger partial charge on any atom is -0.396 e. The molecule has 0 spiro atoms. The van der Waals surface area contributed by atoms with Crippen LogP contribution in [0.5, 0.6) is 0 Å². The van der Waals surface area contributed by atoms with E-state index >= 15 is 0 Å². The molecule has 3 N–H and O–H groups in total. The Labute approximate surface area is 126 Å². The second-order valence-electron chi connectivity index (χ2n) is 5.98. The number of amides is 1. The predicted octanol–water partition coefficient (Wildman–Crippen LogP) is 2.33. The first-order chi connectivity index (χ1) is 10.1. The van der Waals surface area contributed by atoms with Gasteiger partial charge in [0.1, 0.15) is 0 Å². The number of aliphatic hydroxyl groups excluding tert-OH is 1. The molecule has 0 fully saturated rings. The first-order valence-corrected chi connectivity index (χ1v) is 7.87. The molecule has 4 heteroatoms. The van der Waals surface area contributed by atoms with E-state index in [1.807, 2.05) is 18.2 Å². The molecule has 1 aromatic rings. The Morgan fingerprint density at radius 1 is 1.33 bits per heavy atom. The topological polar surface area (TPSA) is 61.4 Å². The van der Waals surface area contributed by atoms with E-state index in [-0.39, 0.29) is 24.0 Å². The lowest BCUT2D eigenvalue weighted by Crippen LogP contribution is -2.46. The van der Waals surface area contributed by atoms with Crippen LogP contribution in [0.25, 0.3) is 0 Å². The van der Waals surface area contributed by atoms with Crippen molar-refractivity contribution in [2.45, 2.75) is 45.6 Å². The van der Waals surface area contributed by atoms with E-state index in [9.17, 15) is 9.90 Å². The van der Waals surface area contributed by atoms with Gasteiger partial charge in [0.25, 0.3) is 0 Å². The summed E-state index contributed by atoms with van der Waals surface area (Å²) in [6.45, 7) is 5.00. The molecule has 0 aromatic heterocycles. The smallest absolute Gasteiger partial charge is 0.241 e. The highest BCUT2D eigenvalue weighted by Crippen LogP contribution is 2.26. The lowest BCUT2D eigenvalue weighted by atomic mass is 9.83. The van der Waals surface area contributed by atoms with Crippen molar-refractivity contribution in [3.8, 4) is 0 Å². The molecule has 1 atom stereocenters. The lowest BCUT2D eigenvalue weighted by Gasteiger charge is -2.31. The van der Waals surface area contributed by atoms with Crippen molar-refractivity contribution in [2.24, 2.45) is 5.41 Å². The minimum absolute atomic E-state index is 0.0268. The maximum atomic E-state index is 12.3. The van der Waals surface area contributed by atoms with E-state index < -0.39 is 0 Å². The number of carbonyl (C=O) groups is 1. The average Bonchev–Trinajstić information content (AvgIpc) is 2.68. The summed E-state index contributed by atoms with van der Waals surface area (Å²) >= 11 is 0. The molecule has 116 valence electrons. The Morgan fingerprint density at radius 3 is 2.71 bits per heavy atom. The predicted molar refractivity (Wildman–Crippen MR) is 85.3 cm³/mol. The van der Waals surface area contributed by atoms with E-state index in [1.165, 1.54) is 5.56 Å². The van der Waals surface area contributed by atoms with E-state index in [0.29, 0.717) is 6.54 Å². The Bertz CT molecular complexity index is 475. The fourth-order valence-corrected chi connectivity index (χ4v) is 2.83. The molecule has 2 rings (SSSR count). The Hall–Kier alpha value is -1.39. The highest BCUT2D eigenvalue weighted by molar-refractivity contribution is 5.96. The molecule has 4 nitrogen and oxygen atoms in total. The molecule has 0 aliphatic carbocycles. The standard InChI is InChI=1S/C17H26N2O2/c1-3-17(4-2,12-20)11-18-15-10-9-13-7-5-6-8-14(13)19-16(15)21/h5-8,15,18,20H,3-4,9-12H2,1-2H3,(H,19,21). The molecular formula is C17H26N2O2. The molecule has 21 heavy (non-hydrogen) atoms.